The van der Waals surface area contributed by atoms with E-state index in [1.807, 2.05) is 19.2 Å². The molecule has 1 fully saturated rings. The molecule has 0 aliphatic carbocycles. The van der Waals surface area contributed by atoms with Crippen LogP contribution in [0.2, 0.25) is 0 Å². The zero-order chi connectivity index (χ0) is 19.0. The summed E-state index contributed by atoms with van der Waals surface area (Å²) in [5, 5.41) is 3.31. The first kappa shape index (κ1) is 24.2. The fourth-order valence-electron chi connectivity index (χ4n) is 2.98. The maximum Gasteiger partial charge on any atom is 0.243 e. The van der Waals surface area contributed by atoms with Gasteiger partial charge in [-0.1, -0.05) is 25.5 Å². The second-order valence-corrected chi connectivity index (χ2v) is 8.64. The lowest BCUT2D eigenvalue weighted by Gasteiger charge is -2.21. The Kier molecular flexibility index (Phi) is 10.6. The highest BCUT2D eigenvalue weighted by molar-refractivity contribution is 14.0. The van der Waals surface area contributed by atoms with E-state index in [1.54, 1.807) is 16.4 Å². The van der Waals surface area contributed by atoms with Crippen molar-refractivity contribution < 1.29 is 8.42 Å². The van der Waals surface area contributed by atoms with E-state index in [9.17, 15) is 8.42 Å². The average molecular weight is 508 g/mol. The molecule has 0 saturated carbocycles. The summed E-state index contributed by atoms with van der Waals surface area (Å²) in [5.41, 5.74) is 1.00. The van der Waals surface area contributed by atoms with Crippen LogP contribution >= 0.6 is 24.0 Å². The van der Waals surface area contributed by atoms with Crippen molar-refractivity contribution >= 4 is 40.0 Å². The highest BCUT2D eigenvalue weighted by Crippen LogP contribution is 2.21. The normalized spacial score (nSPS) is 15.4. The van der Waals surface area contributed by atoms with E-state index in [1.165, 1.54) is 0 Å². The van der Waals surface area contributed by atoms with Gasteiger partial charge in [-0.15, -0.1) is 24.0 Å². The molecular weight excluding hydrogens is 475 g/mol. The van der Waals surface area contributed by atoms with Gasteiger partial charge in [-0.3, -0.25) is 0 Å². The SMILES string of the molecule is CCCCN(C)C(=NCc1ccc(S(=O)(=O)N2CCCC2)cc1)NCC.I. The van der Waals surface area contributed by atoms with Crippen LogP contribution in [0.25, 0.3) is 0 Å². The number of hydrogen-bond acceptors (Lipinski definition) is 3. The van der Waals surface area contributed by atoms with Gasteiger partial charge in [0, 0.05) is 33.2 Å². The third-order valence-electron chi connectivity index (χ3n) is 4.58. The summed E-state index contributed by atoms with van der Waals surface area (Å²) in [4.78, 5) is 7.19. The van der Waals surface area contributed by atoms with Crippen molar-refractivity contribution in [3.8, 4) is 0 Å². The number of guanidine groups is 1. The van der Waals surface area contributed by atoms with Crippen LogP contribution in [0.3, 0.4) is 0 Å². The molecule has 27 heavy (non-hydrogen) atoms. The molecule has 6 nitrogen and oxygen atoms in total. The Morgan fingerprint density at radius 2 is 1.81 bits per heavy atom. The van der Waals surface area contributed by atoms with Crippen LogP contribution in [0.5, 0.6) is 0 Å². The summed E-state index contributed by atoms with van der Waals surface area (Å²) < 4.78 is 26.7. The molecule has 0 radical (unpaired) electrons. The Morgan fingerprint density at radius 3 is 2.37 bits per heavy atom. The zero-order valence-corrected chi connectivity index (χ0v) is 19.8. The second kappa shape index (κ2) is 11.9. The molecular formula is C19H33IN4O2S. The Labute approximate surface area is 181 Å². The van der Waals surface area contributed by atoms with Crippen molar-refractivity contribution in [2.75, 3.05) is 33.2 Å². The third-order valence-corrected chi connectivity index (χ3v) is 6.49. The van der Waals surface area contributed by atoms with Gasteiger partial charge in [-0.25, -0.2) is 13.4 Å². The van der Waals surface area contributed by atoms with Gasteiger partial charge in [0.25, 0.3) is 0 Å². The van der Waals surface area contributed by atoms with Crippen LogP contribution in [0.4, 0.5) is 0 Å². The summed E-state index contributed by atoms with van der Waals surface area (Å²) in [6.07, 6.45) is 4.18. The van der Waals surface area contributed by atoms with E-state index in [2.05, 4.69) is 29.1 Å². The number of halogens is 1. The lowest BCUT2D eigenvalue weighted by Crippen LogP contribution is -2.39. The molecule has 0 aromatic heterocycles. The van der Waals surface area contributed by atoms with Gasteiger partial charge in [0.15, 0.2) is 5.96 Å². The smallest absolute Gasteiger partial charge is 0.243 e. The minimum absolute atomic E-state index is 0. The third kappa shape index (κ3) is 6.90. The molecule has 0 unspecified atom stereocenters. The van der Waals surface area contributed by atoms with Crippen molar-refractivity contribution in [2.24, 2.45) is 4.99 Å². The molecule has 0 bridgehead atoms. The predicted molar refractivity (Wildman–Crippen MR) is 122 cm³/mol. The van der Waals surface area contributed by atoms with Gasteiger partial charge in [0.05, 0.1) is 11.4 Å². The fourth-order valence-corrected chi connectivity index (χ4v) is 4.50. The van der Waals surface area contributed by atoms with Gasteiger partial charge < -0.3 is 10.2 Å². The van der Waals surface area contributed by atoms with Crippen LogP contribution in [0.1, 0.15) is 45.1 Å². The number of benzene rings is 1. The Balaban J connectivity index is 0.00000364. The van der Waals surface area contributed by atoms with E-state index in [0.717, 1.165) is 50.3 Å². The molecule has 154 valence electrons. The summed E-state index contributed by atoms with van der Waals surface area (Å²) >= 11 is 0. The predicted octanol–water partition coefficient (Wildman–Crippen LogP) is 3.29. The molecule has 1 aromatic carbocycles. The first-order valence-electron chi connectivity index (χ1n) is 9.57. The molecule has 1 aliphatic heterocycles. The number of nitrogens with zero attached hydrogens (tertiary/aromatic N) is 3. The van der Waals surface area contributed by atoms with E-state index >= 15 is 0 Å². The number of aliphatic imine (C=N–C) groups is 1. The minimum atomic E-state index is -3.34. The Bertz CT molecular complexity index is 686. The van der Waals surface area contributed by atoms with E-state index in [-0.39, 0.29) is 24.0 Å². The van der Waals surface area contributed by atoms with Gasteiger partial charge in [0.2, 0.25) is 10.0 Å². The number of nitrogens with one attached hydrogen (secondary N) is 1. The first-order chi connectivity index (χ1) is 12.5. The summed E-state index contributed by atoms with van der Waals surface area (Å²) in [7, 11) is -1.30. The van der Waals surface area contributed by atoms with Crippen molar-refractivity contribution in [3.05, 3.63) is 29.8 Å². The standard InChI is InChI=1S/C19H32N4O2S.HI/c1-4-6-13-22(3)19(20-5-2)21-16-17-9-11-18(12-10-17)26(24,25)23-14-7-8-15-23;/h9-12H,4-8,13-16H2,1-3H3,(H,20,21);1H. The number of rotatable bonds is 8. The molecule has 0 amide bonds. The maximum absolute atomic E-state index is 12.6. The van der Waals surface area contributed by atoms with E-state index < -0.39 is 10.0 Å². The molecule has 0 spiro atoms. The Hall–Kier alpha value is -0.870. The molecule has 1 aliphatic rings. The van der Waals surface area contributed by atoms with Crippen LogP contribution in [-0.4, -0.2) is 56.8 Å². The fraction of sp³-hybridized carbons (Fsp3) is 0.632. The Morgan fingerprint density at radius 1 is 1.19 bits per heavy atom. The van der Waals surface area contributed by atoms with E-state index in [4.69, 9.17) is 0 Å². The lowest BCUT2D eigenvalue weighted by atomic mass is 10.2. The van der Waals surface area contributed by atoms with Gasteiger partial charge in [0.1, 0.15) is 0 Å². The summed E-state index contributed by atoms with van der Waals surface area (Å²) in [6.45, 7) is 7.81. The molecule has 1 heterocycles. The van der Waals surface area contributed by atoms with Crippen LogP contribution in [-0.2, 0) is 16.6 Å². The van der Waals surface area contributed by atoms with Crippen molar-refractivity contribution in [2.45, 2.75) is 51.0 Å². The highest BCUT2D eigenvalue weighted by Gasteiger charge is 2.26. The minimum Gasteiger partial charge on any atom is -0.357 e. The molecule has 1 N–H and O–H groups in total. The van der Waals surface area contributed by atoms with E-state index in [0.29, 0.717) is 24.5 Å². The van der Waals surface area contributed by atoms with Crippen LogP contribution in [0, 0.1) is 0 Å². The topological polar surface area (TPSA) is 65.0 Å². The maximum atomic E-state index is 12.6. The lowest BCUT2D eigenvalue weighted by molar-refractivity contribution is 0.465. The molecule has 1 saturated heterocycles. The van der Waals surface area contributed by atoms with Crippen molar-refractivity contribution in [3.63, 3.8) is 0 Å². The van der Waals surface area contributed by atoms with Gasteiger partial charge >= 0.3 is 0 Å². The first-order valence-corrected chi connectivity index (χ1v) is 11.0. The van der Waals surface area contributed by atoms with Crippen LogP contribution < -0.4 is 5.32 Å². The zero-order valence-electron chi connectivity index (χ0n) is 16.6. The summed E-state index contributed by atoms with van der Waals surface area (Å²) in [5.74, 6) is 0.884. The van der Waals surface area contributed by atoms with Crippen molar-refractivity contribution in [1.82, 2.24) is 14.5 Å². The van der Waals surface area contributed by atoms with Gasteiger partial charge in [-0.05, 0) is 43.9 Å². The number of sulfonamides is 1. The quantitative estimate of drug-likeness (QED) is 0.333. The summed E-state index contributed by atoms with van der Waals surface area (Å²) in [6, 6.07) is 7.13. The second-order valence-electron chi connectivity index (χ2n) is 6.70. The monoisotopic (exact) mass is 508 g/mol. The van der Waals surface area contributed by atoms with Crippen LogP contribution in [0.15, 0.2) is 34.2 Å². The number of hydrogen-bond donors (Lipinski definition) is 1. The highest BCUT2D eigenvalue weighted by atomic mass is 127. The largest absolute Gasteiger partial charge is 0.357 e. The average Bonchev–Trinajstić information content (AvgIpc) is 3.19. The molecule has 8 heteroatoms. The molecule has 0 atom stereocenters. The van der Waals surface area contributed by atoms with Gasteiger partial charge in [-0.2, -0.15) is 4.31 Å². The number of unbranched alkanes of at least 4 members (excludes halogenated alkanes) is 1. The molecule has 1 aromatic rings. The van der Waals surface area contributed by atoms with Crippen molar-refractivity contribution in [1.29, 1.82) is 0 Å². The molecule has 2 rings (SSSR count).